The second-order valence-corrected chi connectivity index (χ2v) is 7.10. The molecule has 148 valence electrons. The Balaban J connectivity index is 2.47. The number of aryl methyl sites for hydroxylation is 1. The Labute approximate surface area is 167 Å². The van der Waals surface area contributed by atoms with Gasteiger partial charge in [0.2, 0.25) is 0 Å². The number of anilines is 1. The van der Waals surface area contributed by atoms with Crippen LogP contribution in [-0.2, 0) is 6.42 Å². The first-order valence-electron chi connectivity index (χ1n) is 9.61. The van der Waals surface area contributed by atoms with E-state index in [1.165, 1.54) is 0 Å². The van der Waals surface area contributed by atoms with Gasteiger partial charge in [0.1, 0.15) is 5.75 Å². The van der Waals surface area contributed by atoms with E-state index >= 15 is 0 Å². The molecule has 0 atom stereocenters. The fourth-order valence-electron chi connectivity index (χ4n) is 2.87. The second-order valence-electron chi connectivity index (χ2n) is 6.70. The van der Waals surface area contributed by atoms with Gasteiger partial charge in [0.25, 0.3) is 5.88 Å². The number of ether oxygens (including phenoxy) is 2. The Hall–Kier alpha value is -2.01. The molecule has 0 amide bonds. The van der Waals surface area contributed by atoms with Crippen LogP contribution in [0.4, 0.5) is 5.82 Å². The lowest BCUT2D eigenvalue weighted by Crippen LogP contribution is -2.19. The molecule has 0 saturated heterocycles. The Kier molecular flexibility index (Phi) is 7.72. The largest absolute Gasteiger partial charge is 0.491 e. The maximum atomic E-state index is 6.54. The summed E-state index contributed by atoms with van der Waals surface area (Å²) < 4.78 is 11.2. The van der Waals surface area contributed by atoms with E-state index in [4.69, 9.17) is 31.0 Å². The molecule has 27 heavy (non-hydrogen) atoms. The number of nitrogens with one attached hydrogen (secondary N) is 1. The van der Waals surface area contributed by atoms with Gasteiger partial charge in [-0.15, -0.1) is 0 Å². The van der Waals surface area contributed by atoms with Crippen LogP contribution in [0.25, 0.3) is 11.3 Å². The first-order valence-corrected chi connectivity index (χ1v) is 9.99. The maximum absolute atomic E-state index is 6.54. The highest BCUT2D eigenvalue weighted by Crippen LogP contribution is 2.35. The van der Waals surface area contributed by atoms with Gasteiger partial charge in [0, 0.05) is 11.6 Å². The van der Waals surface area contributed by atoms with Crippen LogP contribution in [0.3, 0.4) is 0 Å². The minimum absolute atomic E-state index is 0.0911. The number of benzene rings is 1. The monoisotopic (exact) mass is 391 g/mol. The summed E-state index contributed by atoms with van der Waals surface area (Å²) in [5, 5.41) is 4.03. The molecule has 0 aliphatic heterocycles. The third-order valence-corrected chi connectivity index (χ3v) is 4.67. The molecule has 0 aliphatic carbocycles. The summed E-state index contributed by atoms with van der Waals surface area (Å²) in [6.07, 6.45) is 2.85. The van der Waals surface area contributed by atoms with Gasteiger partial charge in [0.15, 0.2) is 5.82 Å². The topological polar surface area (TPSA) is 56.3 Å². The third kappa shape index (κ3) is 5.25. The molecule has 5 nitrogen and oxygen atoms in total. The van der Waals surface area contributed by atoms with Gasteiger partial charge in [0.05, 0.1) is 29.6 Å². The highest BCUT2D eigenvalue weighted by molar-refractivity contribution is 6.33. The average molecular weight is 392 g/mol. The van der Waals surface area contributed by atoms with Crippen LogP contribution in [0.15, 0.2) is 18.2 Å². The Morgan fingerprint density at radius 3 is 2.33 bits per heavy atom. The highest BCUT2D eigenvalue weighted by Gasteiger charge is 2.19. The molecule has 0 aliphatic rings. The molecule has 0 fully saturated rings. The standard InChI is InChI=1S/C21H30ClN3O2/c1-7-14(8-2)23-20-21(26-6)25-19(18(9-3)24-20)16-11-10-15(12-17(16)22)27-13(4)5/h10-14H,7-9H2,1-6H3,(H,23,24). The Morgan fingerprint density at radius 2 is 1.81 bits per heavy atom. The van der Waals surface area contributed by atoms with E-state index in [1.54, 1.807) is 7.11 Å². The van der Waals surface area contributed by atoms with Crippen molar-refractivity contribution < 1.29 is 9.47 Å². The van der Waals surface area contributed by atoms with Crippen LogP contribution < -0.4 is 14.8 Å². The van der Waals surface area contributed by atoms with Gasteiger partial charge in [-0.1, -0.05) is 32.4 Å². The van der Waals surface area contributed by atoms with Crippen molar-refractivity contribution >= 4 is 17.4 Å². The Bertz CT molecular complexity index is 761. The van der Waals surface area contributed by atoms with Crippen molar-refractivity contribution in [2.45, 2.75) is 66.0 Å². The molecular weight excluding hydrogens is 362 g/mol. The molecule has 2 rings (SSSR count). The number of hydrogen-bond acceptors (Lipinski definition) is 5. The van der Waals surface area contributed by atoms with Gasteiger partial charge in [-0.2, -0.15) is 0 Å². The third-order valence-electron chi connectivity index (χ3n) is 4.36. The average Bonchev–Trinajstić information content (AvgIpc) is 2.65. The first-order chi connectivity index (χ1) is 12.9. The smallest absolute Gasteiger partial charge is 0.257 e. The summed E-state index contributed by atoms with van der Waals surface area (Å²) in [6.45, 7) is 10.3. The van der Waals surface area contributed by atoms with Crippen LogP contribution in [0.1, 0.15) is 53.2 Å². The molecule has 0 saturated carbocycles. The summed E-state index contributed by atoms with van der Waals surface area (Å²) in [4.78, 5) is 9.53. The van der Waals surface area contributed by atoms with E-state index in [0.29, 0.717) is 22.8 Å². The Morgan fingerprint density at radius 1 is 1.11 bits per heavy atom. The molecular formula is C21H30ClN3O2. The summed E-state index contributed by atoms with van der Waals surface area (Å²) in [6, 6.07) is 5.99. The summed E-state index contributed by atoms with van der Waals surface area (Å²) in [5.74, 6) is 1.90. The molecule has 2 aromatic rings. The molecule has 1 aromatic carbocycles. The normalized spacial score (nSPS) is 11.1. The van der Waals surface area contributed by atoms with Crippen LogP contribution in [0, 0.1) is 0 Å². The van der Waals surface area contributed by atoms with Crippen molar-refractivity contribution in [1.29, 1.82) is 0 Å². The van der Waals surface area contributed by atoms with Gasteiger partial charge in [-0.05, 0) is 51.3 Å². The predicted molar refractivity (Wildman–Crippen MR) is 112 cm³/mol. The zero-order valence-corrected chi connectivity index (χ0v) is 17.9. The molecule has 1 heterocycles. The van der Waals surface area contributed by atoms with E-state index in [2.05, 4.69) is 26.1 Å². The van der Waals surface area contributed by atoms with Crippen LogP contribution >= 0.6 is 11.6 Å². The summed E-state index contributed by atoms with van der Waals surface area (Å²) in [7, 11) is 1.61. The predicted octanol–water partition coefficient (Wildman–Crippen LogP) is 5.76. The van der Waals surface area contributed by atoms with Gasteiger partial charge >= 0.3 is 0 Å². The zero-order valence-electron chi connectivity index (χ0n) is 17.1. The lowest BCUT2D eigenvalue weighted by atomic mass is 10.1. The van der Waals surface area contributed by atoms with E-state index in [9.17, 15) is 0 Å². The van der Waals surface area contributed by atoms with Crippen LogP contribution in [-0.4, -0.2) is 29.2 Å². The van der Waals surface area contributed by atoms with Crippen molar-refractivity contribution in [3.8, 4) is 22.9 Å². The van der Waals surface area contributed by atoms with E-state index in [-0.39, 0.29) is 6.10 Å². The fraction of sp³-hybridized carbons (Fsp3) is 0.524. The SMILES string of the molecule is CCc1nc(NC(CC)CC)c(OC)nc1-c1ccc(OC(C)C)cc1Cl. The molecule has 0 bridgehead atoms. The van der Waals surface area contributed by atoms with E-state index < -0.39 is 0 Å². The summed E-state index contributed by atoms with van der Waals surface area (Å²) >= 11 is 6.54. The van der Waals surface area contributed by atoms with Crippen LogP contribution in [0.5, 0.6) is 11.6 Å². The van der Waals surface area contributed by atoms with Gasteiger partial charge < -0.3 is 14.8 Å². The molecule has 6 heteroatoms. The van der Waals surface area contributed by atoms with Crippen molar-refractivity contribution in [2.75, 3.05) is 12.4 Å². The number of hydrogen-bond donors (Lipinski definition) is 1. The minimum atomic E-state index is 0.0911. The second kappa shape index (κ2) is 9.79. The molecule has 1 aromatic heterocycles. The number of aromatic nitrogens is 2. The molecule has 0 spiro atoms. The van der Waals surface area contributed by atoms with Crippen LogP contribution in [0.2, 0.25) is 5.02 Å². The number of methoxy groups -OCH3 is 1. The zero-order chi connectivity index (χ0) is 20.0. The molecule has 0 radical (unpaired) electrons. The van der Waals surface area contributed by atoms with Gasteiger partial charge in [-0.25, -0.2) is 9.97 Å². The van der Waals surface area contributed by atoms with Gasteiger partial charge in [-0.3, -0.25) is 0 Å². The molecule has 1 N–H and O–H groups in total. The highest BCUT2D eigenvalue weighted by atomic mass is 35.5. The van der Waals surface area contributed by atoms with Crippen molar-refractivity contribution in [2.24, 2.45) is 0 Å². The first kappa shape index (κ1) is 21.3. The quantitative estimate of drug-likeness (QED) is 0.589. The minimum Gasteiger partial charge on any atom is -0.491 e. The fourth-order valence-corrected chi connectivity index (χ4v) is 3.13. The number of rotatable bonds is 9. The maximum Gasteiger partial charge on any atom is 0.257 e. The van der Waals surface area contributed by atoms with Crippen molar-refractivity contribution in [3.63, 3.8) is 0 Å². The lowest BCUT2D eigenvalue weighted by Gasteiger charge is -2.19. The van der Waals surface area contributed by atoms with E-state index in [1.807, 2.05) is 32.0 Å². The number of nitrogens with zero attached hydrogens (tertiary/aromatic N) is 2. The van der Waals surface area contributed by atoms with Crippen molar-refractivity contribution in [3.05, 3.63) is 28.9 Å². The lowest BCUT2D eigenvalue weighted by molar-refractivity contribution is 0.242. The molecule has 0 unspecified atom stereocenters. The number of halogens is 1. The van der Waals surface area contributed by atoms with E-state index in [0.717, 1.165) is 42.0 Å². The van der Waals surface area contributed by atoms with Crippen molar-refractivity contribution in [1.82, 2.24) is 9.97 Å². The summed E-state index contributed by atoms with van der Waals surface area (Å²) in [5.41, 5.74) is 2.44.